The first-order chi connectivity index (χ1) is 15.6. The predicted molar refractivity (Wildman–Crippen MR) is 126 cm³/mol. The second-order valence-electron chi connectivity index (χ2n) is 8.14. The quantitative estimate of drug-likeness (QED) is 0.372. The van der Waals surface area contributed by atoms with Crippen molar-refractivity contribution in [3.05, 3.63) is 71.7 Å². The number of nitrogens with one attached hydrogen (secondary N) is 2. The molecule has 1 fully saturated rings. The third-order valence-corrected chi connectivity index (χ3v) is 6.57. The summed E-state index contributed by atoms with van der Waals surface area (Å²) in [6, 6.07) is 17.0. The predicted octanol–water partition coefficient (Wildman–Crippen LogP) is 5.28. The van der Waals surface area contributed by atoms with Crippen LogP contribution in [0.1, 0.15) is 36.9 Å². The van der Waals surface area contributed by atoms with E-state index in [1.165, 1.54) is 29.0 Å². The van der Waals surface area contributed by atoms with Gasteiger partial charge in [-0.15, -0.1) is 0 Å². The molecule has 0 radical (unpaired) electrons. The third-order valence-electron chi connectivity index (χ3n) is 5.62. The van der Waals surface area contributed by atoms with Crippen molar-refractivity contribution in [2.75, 3.05) is 10.6 Å². The van der Waals surface area contributed by atoms with Crippen LogP contribution in [-0.2, 0) is 6.42 Å². The Balaban J connectivity index is 1.42. The summed E-state index contributed by atoms with van der Waals surface area (Å²) in [5.41, 5.74) is 2.67. The van der Waals surface area contributed by atoms with Gasteiger partial charge in [-0.2, -0.15) is 4.98 Å². The monoisotopic (exact) mass is 449 g/mol. The minimum absolute atomic E-state index is 0.209. The Morgan fingerprint density at radius 3 is 2.59 bits per heavy atom. The van der Waals surface area contributed by atoms with E-state index in [1.807, 2.05) is 24.3 Å². The molecule has 2 aromatic heterocycles. The van der Waals surface area contributed by atoms with Crippen LogP contribution in [0, 0.1) is 5.82 Å². The van der Waals surface area contributed by atoms with E-state index in [0.717, 1.165) is 36.1 Å². The Bertz CT molecular complexity index is 1210. The van der Waals surface area contributed by atoms with Gasteiger partial charge in [-0.05, 0) is 43.4 Å². The fourth-order valence-electron chi connectivity index (χ4n) is 3.99. The maximum Gasteiger partial charge on any atom is 0.225 e. The van der Waals surface area contributed by atoms with Crippen molar-refractivity contribution in [1.29, 1.82) is 0 Å². The van der Waals surface area contributed by atoms with Crippen LogP contribution in [0.25, 0.3) is 10.2 Å². The number of anilines is 3. The smallest absolute Gasteiger partial charge is 0.225 e. The first-order valence-corrected chi connectivity index (χ1v) is 11.6. The first-order valence-electron chi connectivity index (χ1n) is 10.8. The maximum absolute atomic E-state index is 13.5. The highest BCUT2D eigenvalue weighted by Crippen LogP contribution is 2.29. The average molecular weight is 450 g/mol. The lowest BCUT2D eigenvalue weighted by Crippen LogP contribution is -2.29. The molecule has 1 aliphatic carbocycles. The molecular formula is C24H24FN5OS. The SMILES string of the molecule is OC1CCC(Nc2nc(Cc3ccccc3)cc(Nc3nc4cc(F)ccc4s3)n2)CC1. The molecule has 0 spiro atoms. The Hall–Kier alpha value is -3.10. The molecule has 5 rings (SSSR count). The molecule has 4 aromatic rings. The van der Waals surface area contributed by atoms with Crippen molar-refractivity contribution < 1.29 is 9.50 Å². The number of aliphatic hydroxyl groups is 1. The molecule has 3 N–H and O–H groups in total. The lowest BCUT2D eigenvalue weighted by atomic mass is 9.93. The number of halogens is 1. The molecular weight excluding hydrogens is 425 g/mol. The molecule has 0 unspecified atom stereocenters. The Kier molecular flexibility index (Phi) is 5.96. The number of nitrogens with zero attached hydrogens (tertiary/aromatic N) is 3. The van der Waals surface area contributed by atoms with E-state index < -0.39 is 0 Å². The molecule has 2 aromatic carbocycles. The Labute approximate surface area is 189 Å². The minimum atomic E-state index is -0.300. The minimum Gasteiger partial charge on any atom is -0.393 e. The van der Waals surface area contributed by atoms with Gasteiger partial charge in [0, 0.05) is 24.6 Å². The van der Waals surface area contributed by atoms with Gasteiger partial charge in [0.15, 0.2) is 5.13 Å². The highest BCUT2D eigenvalue weighted by molar-refractivity contribution is 7.22. The average Bonchev–Trinajstić information content (AvgIpc) is 3.17. The maximum atomic E-state index is 13.5. The highest BCUT2D eigenvalue weighted by atomic mass is 32.1. The number of hydrogen-bond donors (Lipinski definition) is 3. The molecule has 0 amide bonds. The molecule has 8 heteroatoms. The van der Waals surface area contributed by atoms with Gasteiger partial charge in [0.1, 0.15) is 11.6 Å². The van der Waals surface area contributed by atoms with Crippen molar-refractivity contribution in [3.8, 4) is 0 Å². The zero-order valence-electron chi connectivity index (χ0n) is 17.5. The number of thiazole rings is 1. The highest BCUT2D eigenvalue weighted by Gasteiger charge is 2.20. The van der Waals surface area contributed by atoms with Gasteiger partial charge >= 0.3 is 0 Å². The van der Waals surface area contributed by atoms with Gasteiger partial charge in [0.25, 0.3) is 0 Å². The van der Waals surface area contributed by atoms with Gasteiger partial charge in [0.05, 0.1) is 22.0 Å². The number of aliphatic hydroxyl groups excluding tert-OH is 1. The van der Waals surface area contributed by atoms with Gasteiger partial charge in [0.2, 0.25) is 5.95 Å². The van der Waals surface area contributed by atoms with E-state index in [0.29, 0.717) is 28.8 Å². The van der Waals surface area contributed by atoms with Crippen LogP contribution < -0.4 is 10.6 Å². The third kappa shape index (κ3) is 5.03. The first kappa shape index (κ1) is 20.8. The summed E-state index contributed by atoms with van der Waals surface area (Å²) < 4.78 is 14.4. The zero-order chi connectivity index (χ0) is 21.9. The molecule has 0 atom stereocenters. The van der Waals surface area contributed by atoms with E-state index in [4.69, 9.17) is 4.98 Å². The molecule has 0 bridgehead atoms. The fourth-order valence-corrected chi connectivity index (χ4v) is 4.84. The van der Waals surface area contributed by atoms with Crippen molar-refractivity contribution >= 4 is 38.5 Å². The molecule has 0 saturated heterocycles. The van der Waals surface area contributed by atoms with Crippen LogP contribution >= 0.6 is 11.3 Å². The lowest BCUT2D eigenvalue weighted by molar-refractivity contribution is 0.126. The molecule has 6 nitrogen and oxygen atoms in total. The van der Waals surface area contributed by atoms with Crippen LogP contribution in [-0.4, -0.2) is 32.2 Å². The van der Waals surface area contributed by atoms with Crippen molar-refractivity contribution in [3.63, 3.8) is 0 Å². The fraction of sp³-hybridized carbons (Fsp3) is 0.292. The molecule has 32 heavy (non-hydrogen) atoms. The summed E-state index contributed by atoms with van der Waals surface area (Å²) in [4.78, 5) is 13.9. The van der Waals surface area contributed by atoms with Crippen molar-refractivity contribution in [2.45, 2.75) is 44.2 Å². The van der Waals surface area contributed by atoms with E-state index in [2.05, 4.69) is 32.7 Å². The van der Waals surface area contributed by atoms with Gasteiger partial charge in [-0.3, -0.25) is 0 Å². The van der Waals surface area contributed by atoms with E-state index >= 15 is 0 Å². The summed E-state index contributed by atoms with van der Waals surface area (Å²) in [6.07, 6.45) is 3.82. The summed E-state index contributed by atoms with van der Waals surface area (Å²) in [5.74, 6) is 0.906. The number of aromatic nitrogens is 3. The summed E-state index contributed by atoms with van der Waals surface area (Å²) in [5, 5.41) is 17.2. The largest absolute Gasteiger partial charge is 0.393 e. The lowest BCUT2D eigenvalue weighted by Gasteiger charge is -2.26. The normalized spacial score (nSPS) is 18.6. The number of rotatable bonds is 6. The number of benzene rings is 2. The number of hydrogen-bond acceptors (Lipinski definition) is 7. The van der Waals surface area contributed by atoms with Gasteiger partial charge in [-0.25, -0.2) is 14.4 Å². The van der Waals surface area contributed by atoms with Crippen LogP contribution in [0.5, 0.6) is 0 Å². The molecule has 1 saturated carbocycles. The van der Waals surface area contributed by atoms with Gasteiger partial charge < -0.3 is 15.7 Å². The molecule has 164 valence electrons. The molecule has 2 heterocycles. The summed E-state index contributed by atoms with van der Waals surface area (Å²) >= 11 is 1.45. The zero-order valence-corrected chi connectivity index (χ0v) is 18.3. The van der Waals surface area contributed by atoms with Crippen molar-refractivity contribution in [2.24, 2.45) is 0 Å². The second-order valence-corrected chi connectivity index (χ2v) is 9.17. The summed E-state index contributed by atoms with van der Waals surface area (Å²) in [7, 11) is 0. The van der Waals surface area contributed by atoms with Crippen LogP contribution in [0.2, 0.25) is 0 Å². The van der Waals surface area contributed by atoms with E-state index in [1.54, 1.807) is 6.07 Å². The molecule has 0 aliphatic heterocycles. The topological polar surface area (TPSA) is 83.0 Å². The number of fused-ring (bicyclic) bond motifs is 1. The standard InChI is InChI=1S/C24H24FN5OS/c25-16-6-11-21-20(13-16)28-24(32-21)30-22-14-18(12-15-4-2-1-3-5-15)27-23(29-22)26-17-7-9-19(31)10-8-17/h1-6,11,13-14,17,19,31H,7-10,12H2,(H2,26,27,28,29,30). The second kappa shape index (κ2) is 9.18. The van der Waals surface area contributed by atoms with Crippen LogP contribution in [0.15, 0.2) is 54.6 Å². The Morgan fingerprint density at radius 1 is 0.969 bits per heavy atom. The van der Waals surface area contributed by atoms with Crippen LogP contribution in [0.4, 0.5) is 21.3 Å². The van der Waals surface area contributed by atoms with Gasteiger partial charge in [-0.1, -0.05) is 41.7 Å². The summed E-state index contributed by atoms with van der Waals surface area (Å²) in [6.45, 7) is 0. The Morgan fingerprint density at radius 2 is 1.78 bits per heavy atom. The van der Waals surface area contributed by atoms with E-state index in [-0.39, 0.29) is 18.0 Å². The molecule has 1 aliphatic rings. The van der Waals surface area contributed by atoms with Crippen LogP contribution in [0.3, 0.4) is 0 Å². The van der Waals surface area contributed by atoms with E-state index in [9.17, 15) is 9.50 Å². The van der Waals surface area contributed by atoms with Crippen molar-refractivity contribution in [1.82, 2.24) is 15.0 Å².